The summed E-state index contributed by atoms with van der Waals surface area (Å²) in [6.07, 6.45) is 0. The van der Waals surface area contributed by atoms with Crippen molar-refractivity contribution in [2.24, 2.45) is 0 Å². The quantitative estimate of drug-likeness (QED) is 0.800. The van der Waals surface area contributed by atoms with Crippen molar-refractivity contribution in [3.8, 4) is 11.5 Å². The van der Waals surface area contributed by atoms with Crippen LogP contribution in [0.5, 0.6) is 11.5 Å². The van der Waals surface area contributed by atoms with Crippen LogP contribution in [-0.4, -0.2) is 31.8 Å². The Bertz CT molecular complexity index is 390. The van der Waals surface area contributed by atoms with Gasteiger partial charge in [0.2, 0.25) is 5.91 Å². The van der Waals surface area contributed by atoms with Crippen LogP contribution in [0.4, 0.5) is 5.69 Å². The van der Waals surface area contributed by atoms with E-state index < -0.39 is 12.5 Å². The van der Waals surface area contributed by atoms with Crippen LogP contribution in [-0.2, 0) is 4.79 Å². The van der Waals surface area contributed by atoms with E-state index in [0.29, 0.717) is 17.2 Å². The zero-order chi connectivity index (χ0) is 12.1. The first-order valence-electron chi connectivity index (χ1n) is 4.75. The maximum atomic E-state index is 11.1. The smallest absolute Gasteiger partial charge is 0.250 e. The third-order valence-electron chi connectivity index (χ3n) is 2.14. The summed E-state index contributed by atoms with van der Waals surface area (Å²) in [6, 6.07) is 3.44. The number of anilines is 1. The molecule has 0 aliphatic rings. The monoisotopic (exact) mass is 225 g/mol. The van der Waals surface area contributed by atoms with Gasteiger partial charge >= 0.3 is 0 Å². The highest BCUT2D eigenvalue weighted by Gasteiger charge is 2.11. The number of carbonyl (C=O) groups is 1. The normalized spacial score (nSPS) is 9.75. The zero-order valence-electron chi connectivity index (χ0n) is 9.53. The fourth-order valence-electron chi connectivity index (χ4n) is 1.34. The lowest BCUT2D eigenvalue weighted by Crippen LogP contribution is -2.16. The van der Waals surface area contributed by atoms with Gasteiger partial charge in [-0.2, -0.15) is 0 Å². The molecule has 2 N–H and O–H groups in total. The summed E-state index contributed by atoms with van der Waals surface area (Å²) < 4.78 is 10.2. The van der Waals surface area contributed by atoms with Crippen LogP contribution in [0.2, 0.25) is 0 Å². The van der Waals surface area contributed by atoms with E-state index in [-0.39, 0.29) is 0 Å². The first-order chi connectivity index (χ1) is 7.62. The number of hydrogen-bond acceptors (Lipinski definition) is 4. The van der Waals surface area contributed by atoms with Gasteiger partial charge in [0, 0.05) is 6.07 Å². The van der Waals surface area contributed by atoms with Crippen LogP contribution < -0.4 is 14.8 Å². The van der Waals surface area contributed by atoms with Crippen molar-refractivity contribution >= 4 is 11.6 Å². The van der Waals surface area contributed by atoms with E-state index in [2.05, 4.69) is 5.32 Å². The molecule has 0 spiro atoms. The van der Waals surface area contributed by atoms with Crippen molar-refractivity contribution in [1.82, 2.24) is 0 Å². The van der Waals surface area contributed by atoms with Crippen molar-refractivity contribution in [2.45, 2.75) is 6.92 Å². The molecule has 0 unspecified atom stereocenters. The first kappa shape index (κ1) is 12.3. The fraction of sp³-hybridized carbons (Fsp3) is 0.364. The predicted molar refractivity (Wildman–Crippen MR) is 60.0 cm³/mol. The third-order valence-corrected chi connectivity index (χ3v) is 2.14. The van der Waals surface area contributed by atoms with Crippen molar-refractivity contribution in [2.75, 3.05) is 26.1 Å². The number of ether oxygens (including phenoxy) is 2. The Labute approximate surface area is 94.0 Å². The van der Waals surface area contributed by atoms with Gasteiger partial charge in [0.05, 0.1) is 19.9 Å². The van der Waals surface area contributed by atoms with Crippen LogP contribution in [0.15, 0.2) is 12.1 Å². The van der Waals surface area contributed by atoms with E-state index in [9.17, 15) is 4.79 Å². The third kappa shape index (κ3) is 2.64. The Morgan fingerprint density at radius 1 is 1.38 bits per heavy atom. The predicted octanol–water partition coefficient (Wildman–Crippen LogP) is 0.943. The number of methoxy groups -OCH3 is 2. The van der Waals surface area contributed by atoms with Gasteiger partial charge in [-0.05, 0) is 18.6 Å². The van der Waals surface area contributed by atoms with Crippen molar-refractivity contribution < 1.29 is 19.4 Å². The topological polar surface area (TPSA) is 67.8 Å². The molecule has 0 radical (unpaired) electrons. The molecule has 0 aromatic heterocycles. The van der Waals surface area contributed by atoms with Crippen LogP contribution in [0.3, 0.4) is 0 Å². The van der Waals surface area contributed by atoms with E-state index in [1.165, 1.54) is 7.11 Å². The molecular weight excluding hydrogens is 210 g/mol. The lowest BCUT2D eigenvalue weighted by molar-refractivity contribution is -0.118. The SMILES string of the molecule is COc1cc(C)c(NC(=O)CO)c(OC)c1. The second kappa shape index (κ2) is 5.37. The Hall–Kier alpha value is -1.75. The molecule has 1 rings (SSSR count). The van der Waals surface area contributed by atoms with E-state index in [0.717, 1.165) is 5.56 Å². The molecule has 1 aromatic carbocycles. The Morgan fingerprint density at radius 2 is 2.06 bits per heavy atom. The minimum atomic E-state index is -0.561. The van der Waals surface area contributed by atoms with Crippen LogP contribution in [0.25, 0.3) is 0 Å². The molecule has 1 amide bonds. The maximum Gasteiger partial charge on any atom is 0.250 e. The van der Waals surface area contributed by atoms with Gasteiger partial charge in [-0.1, -0.05) is 0 Å². The Kier molecular flexibility index (Phi) is 4.13. The Balaban J connectivity index is 3.11. The number of aryl methyl sites for hydroxylation is 1. The minimum Gasteiger partial charge on any atom is -0.497 e. The number of aliphatic hydroxyl groups excluding tert-OH is 1. The summed E-state index contributed by atoms with van der Waals surface area (Å²) in [4.78, 5) is 11.1. The Morgan fingerprint density at radius 3 is 2.56 bits per heavy atom. The number of carbonyl (C=O) groups excluding carboxylic acids is 1. The maximum absolute atomic E-state index is 11.1. The van der Waals surface area contributed by atoms with Gasteiger partial charge in [-0.15, -0.1) is 0 Å². The number of amides is 1. The molecule has 5 nitrogen and oxygen atoms in total. The van der Waals surface area contributed by atoms with E-state index in [1.807, 2.05) is 6.92 Å². The number of nitrogens with one attached hydrogen (secondary N) is 1. The molecule has 16 heavy (non-hydrogen) atoms. The van der Waals surface area contributed by atoms with Gasteiger partial charge in [0.25, 0.3) is 0 Å². The molecule has 0 bridgehead atoms. The average molecular weight is 225 g/mol. The highest BCUT2D eigenvalue weighted by molar-refractivity contribution is 5.94. The molecule has 0 aliphatic heterocycles. The lowest BCUT2D eigenvalue weighted by Gasteiger charge is -2.14. The van der Waals surface area contributed by atoms with Crippen LogP contribution in [0.1, 0.15) is 5.56 Å². The van der Waals surface area contributed by atoms with Crippen molar-refractivity contribution in [3.05, 3.63) is 17.7 Å². The summed E-state index contributed by atoms with van der Waals surface area (Å²) in [5.41, 5.74) is 1.35. The van der Waals surface area contributed by atoms with E-state index >= 15 is 0 Å². The molecule has 0 heterocycles. The van der Waals surface area contributed by atoms with E-state index in [4.69, 9.17) is 14.6 Å². The molecule has 0 saturated carbocycles. The second-order valence-electron chi connectivity index (χ2n) is 3.23. The molecule has 0 aliphatic carbocycles. The van der Waals surface area contributed by atoms with Gasteiger partial charge < -0.3 is 19.9 Å². The molecular formula is C11H15NO4. The summed E-state index contributed by atoms with van der Waals surface area (Å²) >= 11 is 0. The molecule has 0 atom stereocenters. The van der Waals surface area contributed by atoms with Crippen LogP contribution in [0, 0.1) is 6.92 Å². The highest BCUT2D eigenvalue weighted by atomic mass is 16.5. The van der Waals surface area contributed by atoms with E-state index in [1.54, 1.807) is 19.2 Å². The summed E-state index contributed by atoms with van der Waals surface area (Å²) in [7, 11) is 3.06. The number of hydrogen-bond donors (Lipinski definition) is 2. The summed E-state index contributed by atoms with van der Waals surface area (Å²) in [6.45, 7) is 1.26. The van der Waals surface area contributed by atoms with Crippen LogP contribution >= 0.6 is 0 Å². The molecule has 0 fully saturated rings. The van der Waals surface area contributed by atoms with Gasteiger partial charge in [-0.3, -0.25) is 4.79 Å². The molecule has 5 heteroatoms. The highest BCUT2D eigenvalue weighted by Crippen LogP contribution is 2.32. The van der Waals surface area contributed by atoms with Gasteiger partial charge in [-0.25, -0.2) is 0 Å². The number of rotatable bonds is 4. The molecule has 1 aromatic rings. The molecule has 88 valence electrons. The average Bonchev–Trinajstić information content (AvgIpc) is 2.30. The largest absolute Gasteiger partial charge is 0.497 e. The lowest BCUT2D eigenvalue weighted by atomic mass is 10.1. The van der Waals surface area contributed by atoms with Crippen molar-refractivity contribution in [1.29, 1.82) is 0 Å². The summed E-state index contributed by atoms with van der Waals surface area (Å²) in [5, 5.41) is 11.2. The van der Waals surface area contributed by atoms with Gasteiger partial charge in [0.15, 0.2) is 0 Å². The fourth-order valence-corrected chi connectivity index (χ4v) is 1.34. The molecule has 0 saturated heterocycles. The second-order valence-corrected chi connectivity index (χ2v) is 3.23. The minimum absolute atomic E-state index is 0.480. The standard InChI is InChI=1S/C11H15NO4/c1-7-4-8(15-2)5-9(16-3)11(7)12-10(14)6-13/h4-5,13H,6H2,1-3H3,(H,12,14). The first-order valence-corrected chi connectivity index (χ1v) is 4.75. The van der Waals surface area contributed by atoms with Gasteiger partial charge in [0.1, 0.15) is 18.1 Å². The van der Waals surface area contributed by atoms with Crippen molar-refractivity contribution in [3.63, 3.8) is 0 Å². The summed E-state index contributed by atoms with van der Waals surface area (Å²) in [5.74, 6) is 0.668. The zero-order valence-corrected chi connectivity index (χ0v) is 9.53. The number of aliphatic hydroxyl groups is 1. The number of benzene rings is 1.